The molecule has 2 aromatic rings. The Hall–Kier alpha value is -2.53. The van der Waals surface area contributed by atoms with Crippen molar-refractivity contribution in [3.63, 3.8) is 0 Å². The van der Waals surface area contributed by atoms with Gasteiger partial charge < -0.3 is 14.8 Å². The van der Waals surface area contributed by atoms with Gasteiger partial charge in [-0.15, -0.1) is 0 Å². The summed E-state index contributed by atoms with van der Waals surface area (Å²) in [5.41, 5.74) is 1.78. The Morgan fingerprint density at radius 1 is 1.08 bits per heavy atom. The SMILES string of the molecule is CCN(CC)C(CNC(=O)c1ccc2c(c1)OCO2)c1ccccc1. The number of hydrogen-bond donors (Lipinski definition) is 1. The van der Waals surface area contributed by atoms with Gasteiger partial charge in [-0.1, -0.05) is 44.2 Å². The Labute approximate surface area is 148 Å². The second-order valence-corrected chi connectivity index (χ2v) is 5.93. The van der Waals surface area contributed by atoms with Crippen LogP contribution in [0.15, 0.2) is 48.5 Å². The highest BCUT2D eigenvalue weighted by Gasteiger charge is 2.20. The van der Waals surface area contributed by atoms with E-state index in [4.69, 9.17) is 9.47 Å². The Bertz CT molecular complexity index is 714. The maximum Gasteiger partial charge on any atom is 0.251 e. The van der Waals surface area contributed by atoms with Gasteiger partial charge in [-0.2, -0.15) is 0 Å². The molecule has 0 saturated carbocycles. The molecule has 0 radical (unpaired) electrons. The zero-order chi connectivity index (χ0) is 17.6. The predicted molar refractivity (Wildman–Crippen MR) is 97.0 cm³/mol. The molecule has 0 fully saturated rings. The van der Waals surface area contributed by atoms with Crippen LogP contribution in [0.5, 0.6) is 11.5 Å². The largest absolute Gasteiger partial charge is 0.454 e. The lowest BCUT2D eigenvalue weighted by atomic mass is 10.0. The summed E-state index contributed by atoms with van der Waals surface area (Å²) < 4.78 is 10.6. The second-order valence-electron chi connectivity index (χ2n) is 5.93. The molecular weight excluding hydrogens is 316 g/mol. The Kier molecular flexibility index (Phi) is 5.56. The molecule has 132 valence electrons. The van der Waals surface area contributed by atoms with Crippen molar-refractivity contribution in [2.45, 2.75) is 19.9 Å². The quantitative estimate of drug-likeness (QED) is 0.841. The third kappa shape index (κ3) is 3.94. The van der Waals surface area contributed by atoms with Gasteiger partial charge in [0.15, 0.2) is 11.5 Å². The lowest BCUT2D eigenvalue weighted by Crippen LogP contribution is -2.38. The zero-order valence-electron chi connectivity index (χ0n) is 14.7. The van der Waals surface area contributed by atoms with Crippen LogP contribution in [0.4, 0.5) is 0 Å². The van der Waals surface area contributed by atoms with Crippen LogP contribution in [-0.2, 0) is 0 Å². The van der Waals surface area contributed by atoms with Crippen LogP contribution in [0.3, 0.4) is 0 Å². The van der Waals surface area contributed by atoms with Gasteiger partial charge in [0.25, 0.3) is 5.91 Å². The van der Waals surface area contributed by atoms with Gasteiger partial charge in [0.1, 0.15) is 0 Å². The van der Waals surface area contributed by atoms with Crippen molar-refractivity contribution < 1.29 is 14.3 Å². The molecule has 1 unspecified atom stereocenters. The lowest BCUT2D eigenvalue weighted by molar-refractivity contribution is 0.0934. The highest BCUT2D eigenvalue weighted by Crippen LogP contribution is 2.32. The first kappa shape index (κ1) is 17.3. The fraction of sp³-hybridized carbons (Fsp3) is 0.350. The maximum atomic E-state index is 12.6. The summed E-state index contributed by atoms with van der Waals surface area (Å²) in [6.45, 7) is 6.89. The van der Waals surface area contributed by atoms with Gasteiger partial charge in [0, 0.05) is 12.1 Å². The van der Waals surface area contributed by atoms with E-state index < -0.39 is 0 Å². The summed E-state index contributed by atoms with van der Waals surface area (Å²) in [7, 11) is 0. The van der Waals surface area contributed by atoms with Crippen LogP contribution in [-0.4, -0.2) is 37.2 Å². The van der Waals surface area contributed by atoms with E-state index in [0.29, 0.717) is 23.6 Å². The monoisotopic (exact) mass is 340 g/mol. The zero-order valence-corrected chi connectivity index (χ0v) is 14.7. The molecular formula is C20H24N2O3. The van der Waals surface area contributed by atoms with E-state index in [0.717, 1.165) is 13.1 Å². The predicted octanol–water partition coefficient (Wildman–Crippen LogP) is 3.23. The standard InChI is InChI=1S/C20H24N2O3/c1-3-22(4-2)17(15-8-6-5-7-9-15)13-21-20(23)16-10-11-18-19(12-16)25-14-24-18/h5-12,17H,3-4,13-14H2,1-2H3,(H,21,23). The van der Waals surface area contributed by atoms with E-state index in [1.165, 1.54) is 5.56 Å². The molecule has 2 aromatic carbocycles. The van der Waals surface area contributed by atoms with Crippen molar-refractivity contribution in [2.24, 2.45) is 0 Å². The van der Waals surface area contributed by atoms with Gasteiger partial charge in [-0.25, -0.2) is 0 Å². The van der Waals surface area contributed by atoms with Gasteiger partial charge in [0.05, 0.1) is 6.04 Å². The van der Waals surface area contributed by atoms with Crippen LogP contribution < -0.4 is 14.8 Å². The molecule has 1 aliphatic heterocycles. The van der Waals surface area contributed by atoms with Crippen molar-refractivity contribution in [1.82, 2.24) is 10.2 Å². The highest BCUT2D eigenvalue weighted by molar-refractivity contribution is 5.94. The summed E-state index contributed by atoms with van der Waals surface area (Å²) in [6, 6.07) is 15.7. The average Bonchev–Trinajstić information content (AvgIpc) is 3.13. The van der Waals surface area contributed by atoms with Gasteiger partial charge in [-0.05, 0) is 36.9 Å². The number of amides is 1. The fourth-order valence-electron chi connectivity index (χ4n) is 3.13. The molecule has 3 rings (SSSR count). The summed E-state index contributed by atoms with van der Waals surface area (Å²) in [4.78, 5) is 14.9. The normalized spacial score (nSPS) is 13.7. The summed E-state index contributed by atoms with van der Waals surface area (Å²) in [6.07, 6.45) is 0. The molecule has 1 N–H and O–H groups in total. The number of nitrogens with zero attached hydrogens (tertiary/aromatic N) is 1. The number of carbonyl (C=O) groups excluding carboxylic acids is 1. The summed E-state index contributed by atoms with van der Waals surface area (Å²) >= 11 is 0. The van der Waals surface area contributed by atoms with E-state index in [1.54, 1.807) is 18.2 Å². The average molecular weight is 340 g/mol. The smallest absolute Gasteiger partial charge is 0.251 e. The molecule has 25 heavy (non-hydrogen) atoms. The molecule has 5 heteroatoms. The van der Waals surface area contributed by atoms with Crippen molar-refractivity contribution in [3.05, 3.63) is 59.7 Å². The number of ether oxygens (including phenoxy) is 2. The van der Waals surface area contributed by atoms with Crippen molar-refractivity contribution in [2.75, 3.05) is 26.4 Å². The Morgan fingerprint density at radius 3 is 2.52 bits per heavy atom. The molecule has 1 amide bonds. The molecule has 0 saturated heterocycles. The first-order valence-electron chi connectivity index (χ1n) is 8.69. The Morgan fingerprint density at radius 2 is 1.80 bits per heavy atom. The second kappa shape index (κ2) is 8.03. The molecule has 0 aliphatic carbocycles. The molecule has 0 bridgehead atoms. The van der Waals surface area contributed by atoms with Crippen LogP contribution in [0, 0.1) is 0 Å². The highest BCUT2D eigenvalue weighted by atomic mass is 16.7. The number of carbonyl (C=O) groups is 1. The van der Waals surface area contributed by atoms with Gasteiger partial charge >= 0.3 is 0 Å². The van der Waals surface area contributed by atoms with E-state index in [2.05, 4.69) is 36.2 Å². The number of benzene rings is 2. The summed E-state index contributed by atoms with van der Waals surface area (Å²) in [5.74, 6) is 1.20. The number of likely N-dealkylation sites (N-methyl/N-ethyl adjacent to an activating group) is 1. The number of rotatable bonds is 7. The number of hydrogen-bond acceptors (Lipinski definition) is 4. The minimum Gasteiger partial charge on any atom is -0.454 e. The van der Waals surface area contributed by atoms with Crippen molar-refractivity contribution in [3.8, 4) is 11.5 Å². The van der Waals surface area contributed by atoms with Crippen molar-refractivity contribution in [1.29, 1.82) is 0 Å². The van der Waals surface area contributed by atoms with Crippen LogP contribution in [0.1, 0.15) is 35.8 Å². The van der Waals surface area contributed by atoms with Crippen LogP contribution >= 0.6 is 0 Å². The Balaban J connectivity index is 1.71. The third-order valence-electron chi connectivity index (χ3n) is 4.53. The van der Waals surface area contributed by atoms with Gasteiger partial charge in [0.2, 0.25) is 6.79 Å². The minimum absolute atomic E-state index is 0.105. The molecule has 0 aromatic heterocycles. The molecule has 0 spiro atoms. The van der Waals surface area contributed by atoms with E-state index in [1.807, 2.05) is 18.2 Å². The molecule has 1 atom stereocenters. The number of fused-ring (bicyclic) bond motifs is 1. The topological polar surface area (TPSA) is 50.8 Å². The molecule has 1 heterocycles. The first-order chi connectivity index (χ1) is 12.2. The minimum atomic E-state index is -0.105. The van der Waals surface area contributed by atoms with Crippen LogP contribution in [0.2, 0.25) is 0 Å². The fourth-order valence-corrected chi connectivity index (χ4v) is 3.13. The van der Waals surface area contributed by atoms with E-state index >= 15 is 0 Å². The van der Waals surface area contributed by atoms with Crippen LogP contribution in [0.25, 0.3) is 0 Å². The van der Waals surface area contributed by atoms with Crippen molar-refractivity contribution >= 4 is 5.91 Å². The summed E-state index contributed by atoms with van der Waals surface area (Å²) in [5, 5.41) is 3.06. The van der Waals surface area contributed by atoms with E-state index in [-0.39, 0.29) is 18.7 Å². The molecule has 5 nitrogen and oxygen atoms in total. The third-order valence-corrected chi connectivity index (χ3v) is 4.53. The maximum absolute atomic E-state index is 12.6. The number of nitrogens with one attached hydrogen (secondary N) is 1. The first-order valence-corrected chi connectivity index (χ1v) is 8.69. The lowest BCUT2D eigenvalue weighted by Gasteiger charge is -2.30. The molecule has 1 aliphatic rings. The van der Waals surface area contributed by atoms with Gasteiger partial charge in [-0.3, -0.25) is 9.69 Å². The van der Waals surface area contributed by atoms with E-state index in [9.17, 15) is 4.79 Å².